The fourth-order valence-electron chi connectivity index (χ4n) is 5.62. The lowest BCUT2D eigenvalue weighted by Gasteiger charge is -2.34. The van der Waals surface area contributed by atoms with Crippen LogP contribution in [0.3, 0.4) is 0 Å². The van der Waals surface area contributed by atoms with Gasteiger partial charge in [0.2, 0.25) is 0 Å². The van der Waals surface area contributed by atoms with Gasteiger partial charge in [0.1, 0.15) is 17.6 Å². The van der Waals surface area contributed by atoms with Crippen molar-refractivity contribution < 1.29 is 33.2 Å². The molecule has 2 aliphatic heterocycles. The first-order valence-electron chi connectivity index (χ1n) is 15.5. The Bertz CT molecular complexity index is 1210. The molecule has 0 saturated carbocycles. The molecule has 4 rings (SSSR count). The number of hydrogen-bond donors (Lipinski definition) is 0. The van der Waals surface area contributed by atoms with Gasteiger partial charge < -0.3 is 28.4 Å². The van der Waals surface area contributed by atoms with Crippen LogP contribution in [0.2, 0.25) is 0 Å². The number of carbonyl (C=O) groups excluding carboxylic acids is 1. The lowest BCUT2D eigenvalue weighted by molar-refractivity contribution is -0.155. The van der Waals surface area contributed by atoms with Crippen LogP contribution in [0.25, 0.3) is 6.08 Å². The third kappa shape index (κ3) is 9.77. The van der Waals surface area contributed by atoms with Crippen molar-refractivity contribution in [2.75, 3.05) is 20.3 Å². The van der Waals surface area contributed by atoms with Gasteiger partial charge in [-0.2, -0.15) is 0 Å². The topological polar surface area (TPSA) is 75.8 Å². The molecule has 0 aromatic heterocycles. The fourth-order valence-corrected chi connectivity index (χ4v) is 5.62. The summed E-state index contributed by atoms with van der Waals surface area (Å²) in [4.78, 5) is 13.0. The van der Waals surface area contributed by atoms with E-state index in [1.807, 2.05) is 62.4 Å². The van der Waals surface area contributed by atoms with Crippen LogP contribution >= 0.6 is 0 Å². The van der Waals surface area contributed by atoms with Gasteiger partial charge in [-0.15, -0.1) is 0 Å². The van der Waals surface area contributed by atoms with Crippen LogP contribution in [0.15, 0.2) is 66.3 Å². The number of ether oxygens (including phenoxy) is 6. The van der Waals surface area contributed by atoms with Crippen molar-refractivity contribution in [2.45, 2.75) is 96.9 Å². The summed E-state index contributed by atoms with van der Waals surface area (Å²) < 4.78 is 35.8. The van der Waals surface area contributed by atoms with Gasteiger partial charge in [0.05, 0.1) is 30.5 Å². The Balaban J connectivity index is 1.35. The zero-order valence-electron chi connectivity index (χ0n) is 26.5. The smallest absolute Gasteiger partial charge is 0.331 e. The van der Waals surface area contributed by atoms with Gasteiger partial charge in [0, 0.05) is 32.3 Å². The van der Waals surface area contributed by atoms with E-state index in [1.165, 1.54) is 11.6 Å². The van der Waals surface area contributed by atoms with Crippen molar-refractivity contribution in [1.29, 1.82) is 0 Å². The molecule has 7 nitrogen and oxygen atoms in total. The highest BCUT2D eigenvalue weighted by Gasteiger charge is 2.59. The van der Waals surface area contributed by atoms with Crippen molar-refractivity contribution in [3.63, 3.8) is 0 Å². The molecule has 2 aromatic carbocycles. The van der Waals surface area contributed by atoms with Gasteiger partial charge in [-0.1, -0.05) is 35.9 Å². The predicted molar refractivity (Wildman–Crippen MR) is 168 cm³/mol. The summed E-state index contributed by atoms with van der Waals surface area (Å²) in [5.74, 6) is 1.12. The molecular formula is C36H48O7. The van der Waals surface area contributed by atoms with E-state index < -0.39 is 12.1 Å². The largest absolute Gasteiger partial charge is 0.457 e. The van der Waals surface area contributed by atoms with Crippen LogP contribution in [0.5, 0.6) is 11.5 Å². The maximum absolute atomic E-state index is 13.0. The van der Waals surface area contributed by atoms with Gasteiger partial charge in [-0.3, -0.25) is 0 Å². The second-order valence-electron chi connectivity index (χ2n) is 12.1. The van der Waals surface area contributed by atoms with Crippen LogP contribution in [0, 0.1) is 5.92 Å². The molecule has 2 fully saturated rings. The Kier molecular flexibility index (Phi) is 12.0. The van der Waals surface area contributed by atoms with Gasteiger partial charge in [-0.05, 0) is 102 Å². The molecule has 7 heteroatoms. The highest BCUT2D eigenvalue weighted by Crippen LogP contribution is 2.49. The number of epoxide rings is 1. The van der Waals surface area contributed by atoms with Crippen LogP contribution in [0.1, 0.15) is 71.4 Å². The van der Waals surface area contributed by atoms with Gasteiger partial charge in [0.15, 0.2) is 0 Å². The van der Waals surface area contributed by atoms with E-state index in [0.717, 1.165) is 36.1 Å². The normalized spacial score (nSPS) is 25.9. The molecule has 2 saturated heterocycles. The predicted octanol–water partition coefficient (Wildman–Crippen LogP) is 7.67. The highest BCUT2D eigenvalue weighted by atomic mass is 16.6. The first kappa shape index (κ1) is 32.9. The average Bonchev–Trinajstić information content (AvgIpc) is 3.63. The minimum absolute atomic E-state index is 0.0464. The molecule has 234 valence electrons. The number of rotatable bonds is 12. The van der Waals surface area contributed by atoms with E-state index in [1.54, 1.807) is 13.2 Å². The molecule has 2 unspecified atom stereocenters. The quantitative estimate of drug-likeness (QED) is 0.108. The van der Waals surface area contributed by atoms with Crippen molar-refractivity contribution in [2.24, 2.45) is 5.92 Å². The number of methoxy groups -OCH3 is 1. The van der Waals surface area contributed by atoms with E-state index >= 15 is 0 Å². The second-order valence-corrected chi connectivity index (χ2v) is 12.1. The van der Waals surface area contributed by atoms with Crippen molar-refractivity contribution in [3.8, 4) is 11.5 Å². The fraction of sp³-hybridized carbons (Fsp3) is 0.528. The lowest BCUT2D eigenvalue weighted by atomic mass is 9.80. The van der Waals surface area contributed by atoms with Crippen LogP contribution < -0.4 is 4.74 Å². The SMILES string of the molecule is CO[C@H]1[C@H](C2(C)OC2CC=C(C)C)CCOCCC[C@H]1OC(=O)/C=C/c1ccc(Oc2ccc(COC(C)C)cc2)cc1. The molecule has 0 amide bonds. The molecular weight excluding hydrogens is 544 g/mol. The van der Waals surface area contributed by atoms with Crippen molar-refractivity contribution >= 4 is 12.0 Å². The molecule has 0 N–H and O–H groups in total. The maximum atomic E-state index is 13.0. The third-order valence-corrected chi connectivity index (χ3v) is 8.14. The van der Waals surface area contributed by atoms with Crippen molar-refractivity contribution in [3.05, 3.63) is 77.4 Å². The molecule has 0 spiro atoms. The van der Waals surface area contributed by atoms with E-state index in [-0.39, 0.29) is 29.8 Å². The summed E-state index contributed by atoms with van der Waals surface area (Å²) in [6, 6.07) is 15.5. The number of carbonyl (C=O) groups is 1. The molecule has 2 aliphatic rings. The average molecular weight is 593 g/mol. The molecule has 2 aromatic rings. The summed E-state index contributed by atoms with van der Waals surface area (Å²) in [5, 5.41) is 0. The minimum atomic E-state index is -0.393. The van der Waals surface area contributed by atoms with Crippen LogP contribution in [0.4, 0.5) is 0 Å². The Morgan fingerprint density at radius 2 is 1.72 bits per heavy atom. The van der Waals surface area contributed by atoms with E-state index in [0.29, 0.717) is 32.0 Å². The zero-order chi connectivity index (χ0) is 30.8. The Hall–Kier alpha value is -2.97. The molecule has 0 radical (unpaired) electrons. The van der Waals surface area contributed by atoms with E-state index in [9.17, 15) is 4.79 Å². The number of hydrogen-bond acceptors (Lipinski definition) is 7. The monoisotopic (exact) mass is 592 g/mol. The van der Waals surface area contributed by atoms with E-state index in [2.05, 4.69) is 26.8 Å². The third-order valence-electron chi connectivity index (χ3n) is 8.14. The minimum Gasteiger partial charge on any atom is -0.457 e. The lowest BCUT2D eigenvalue weighted by Crippen LogP contribution is -2.45. The maximum Gasteiger partial charge on any atom is 0.331 e. The summed E-state index contributed by atoms with van der Waals surface area (Å²) in [7, 11) is 1.70. The van der Waals surface area contributed by atoms with Crippen LogP contribution in [-0.2, 0) is 35.1 Å². The van der Waals surface area contributed by atoms with Crippen LogP contribution in [-0.4, -0.2) is 56.3 Å². The van der Waals surface area contributed by atoms with E-state index in [4.69, 9.17) is 28.4 Å². The first-order valence-corrected chi connectivity index (χ1v) is 15.5. The highest BCUT2D eigenvalue weighted by molar-refractivity contribution is 5.87. The van der Waals surface area contributed by atoms with Gasteiger partial charge >= 0.3 is 5.97 Å². The molecule has 2 heterocycles. The second kappa shape index (κ2) is 15.7. The van der Waals surface area contributed by atoms with Gasteiger partial charge in [0.25, 0.3) is 0 Å². The summed E-state index contributed by atoms with van der Waals surface area (Å²) in [6.07, 6.45) is 8.21. The van der Waals surface area contributed by atoms with Crippen molar-refractivity contribution in [1.82, 2.24) is 0 Å². The number of benzene rings is 2. The molecule has 43 heavy (non-hydrogen) atoms. The molecule has 0 aliphatic carbocycles. The Labute approximate surface area is 257 Å². The Morgan fingerprint density at radius 1 is 1.02 bits per heavy atom. The molecule has 5 atom stereocenters. The Morgan fingerprint density at radius 3 is 2.37 bits per heavy atom. The zero-order valence-corrected chi connectivity index (χ0v) is 26.5. The number of allylic oxidation sites excluding steroid dienone is 1. The molecule has 0 bridgehead atoms. The van der Waals surface area contributed by atoms with Gasteiger partial charge in [-0.25, -0.2) is 4.79 Å². The first-order chi connectivity index (χ1) is 20.7. The summed E-state index contributed by atoms with van der Waals surface area (Å²) in [5.41, 5.74) is 2.91. The number of esters is 1. The standard InChI is InChI=1S/C36H48O7/c1-25(2)9-19-33-36(5,43-33)31-21-23-39-22-7-8-32(35(31)38-6)42-34(37)20-14-27-10-15-29(16-11-27)41-30-17-12-28(13-18-30)24-40-26(3)4/h9-18,20,26,31-33,35H,7-8,19,21-24H2,1-6H3/b20-14+/t31-,32-,33?,35+,36?/m1/s1. The summed E-state index contributed by atoms with van der Waals surface area (Å²) >= 11 is 0. The summed E-state index contributed by atoms with van der Waals surface area (Å²) in [6.45, 7) is 12.2.